The molecule has 2 N–H and O–H groups in total. The van der Waals surface area contributed by atoms with Crippen LogP contribution in [0.1, 0.15) is 5.56 Å². The minimum absolute atomic E-state index is 0.256. The molecule has 1 heterocycles. The number of anilines is 1. The summed E-state index contributed by atoms with van der Waals surface area (Å²) in [6.07, 6.45) is -0.608. The zero-order valence-electron chi connectivity index (χ0n) is 10.6. The van der Waals surface area contributed by atoms with Gasteiger partial charge >= 0.3 is 0 Å². The van der Waals surface area contributed by atoms with Gasteiger partial charge in [0.05, 0.1) is 29.9 Å². The summed E-state index contributed by atoms with van der Waals surface area (Å²) in [6, 6.07) is 11.3. The number of fused-ring (bicyclic) bond motifs is 1. The molecule has 0 radical (unpaired) electrons. The Labute approximate surface area is 111 Å². The first-order valence-electron chi connectivity index (χ1n) is 5.95. The van der Waals surface area contributed by atoms with Crippen LogP contribution in [0.2, 0.25) is 0 Å². The van der Waals surface area contributed by atoms with Crippen LogP contribution < -0.4 is 5.32 Å². The number of nitrogens with zero attached hydrogens (tertiary/aromatic N) is 2. The van der Waals surface area contributed by atoms with Gasteiger partial charge in [0.1, 0.15) is 5.82 Å². The van der Waals surface area contributed by atoms with E-state index in [0.29, 0.717) is 17.9 Å². The molecule has 0 amide bonds. The highest BCUT2D eigenvalue weighted by Gasteiger charge is 2.07. The molecule has 98 valence electrons. The molecule has 0 bridgehead atoms. The SMILES string of the molecule is COCC(O)CNc1cc(C#N)c2ccccc2n1. The van der Waals surface area contributed by atoms with E-state index in [9.17, 15) is 5.11 Å². The summed E-state index contributed by atoms with van der Waals surface area (Å²) in [4.78, 5) is 4.40. The first-order valence-corrected chi connectivity index (χ1v) is 5.95. The van der Waals surface area contributed by atoms with Crippen LogP contribution in [0.25, 0.3) is 10.9 Å². The number of benzene rings is 1. The van der Waals surface area contributed by atoms with Gasteiger partial charge in [0, 0.05) is 19.0 Å². The lowest BCUT2D eigenvalue weighted by atomic mass is 10.1. The molecule has 0 saturated carbocycles. The van der Waals surface area contributed by atoms with Gasteiger partial charge in [-0.25, -0.2) is 4.98 Å². The van der Waals surface area contributed by atoms with Gasteiger partial charge in [-0.2, -0.15) is 5.26 Å². The van der Waals surface area contributed by atoms with Crippen LogP contribution in [0.5, 0.6) is 0 Å². The number of aromatic nitrogens is 1. The molecule has 2 rings (SSSR count). The van der Waals surface area contributed by atoms with Crippen molar-refractivity contribution in [2.24, 2.45) is 0 Å². The fourth-order valence-electron chi connectivity index (χ4n) is 1.83. The second-order valence-electron chi connectivity index (χ2n) is 4.17. The second-order valence-corrected chi connectivity index (χ2v) is 4.17. The van der Waals surface area contributed by atoms with Crippen LogP contribution >= 0.6 is 0 Å². The van der Waals surface area contributed by atoms with E-state index in [2.05, 4.69) is 16.4 Å². The van der Waals surface area contributed by atoms with Crippen LogP contribution in [0.15, 0.2) is 30.3 Å². The van der Waals surface area contributed by atoms with E-state index in [4.69, 9.17) is 10.00 Å². The molecule has 19 heavy (non-hydrogen) atoms. The fourth-order valence-corrected chi connectivity index (χ4v) is 1.83. The van der Waals surface area contributed by atoms with Gasteiger partial charge in [-0.15, -0.1) is 0 Å². The Morgan fingerprint density at radius 3 is 3.00 bits per heavy atom. The zero-order valence-corrected chi connectivity index (χ0v) is 10.6. The number of para-hydroxylation sites is 1. The average Bonchev–Trinajstić information content (AvgIpc) is 2.44. The van der Waals surface area contributed by atoms with Crippen molar-refractivity contribution < 1.29 is 9.84 Å². The molecule has 0 aliphatic heterocycles. The first-order chi connectivity index (χ1) is 9.24. The van der Waals surface area contributed by atoms with Gasteiger partial charge < -0.3 is 15.2 Å². The monoisotopic (exact) mass is 257 g/mol. The number of nitriles is 1. The van der Waals surface area contributed by atoms with E-state index in [1.807, 2.05) is 24.3 Å². The summed E-state index contributed by atoms with van der Waals surface area (Å²) in [6.45, 7) is 0.579. The van der Waals surface area contributed by atoms with E-state index in [0.717, 1.165) is 10.9 Å². The summed E-state index contributed by atoms with van der Waals surface area (Å²) in [7, 11) is 1.53. The summed E-state index contributed by atoms with van der Waals surface area (Å²) < 4.78 is 4.84. The Hall–Kier alpha value is -2.16. The molecule has 1 aromatic heterocycles. The third kappa shape index (κ3) is 3.19. The summed E-state index contributed by atoms with van der Waals surface area (Å²) in [5.41, 5.74) is 1.32. The van der Waals surface area contributed by atoms with Crippen LogP contribution in [-0.4, -0.2) is 36.5 Å². The van der Waals surface area contributed by atoms with E-state index >= 15 is 0 Å². The molecule has 1 unspecified atom stereocenters. The van der Waals surface area contributed by atoms with Gasteiger partial charge in [-0.3, -0.25) is 0 Å². The predicted octanol–water partition coefficient (Wildman–Crippen LogP) is 1.53. The zero-order chi connectivity index (χ0) is 13.7. The van der Waals surface area contributed by atoms with Crippen LogP contribution in [-0.2, 0) is 4.74 Å². The van der Waals surface area contributed by atoms with Gasteiger partial charge in [0.2, 0.25) is 0 Å². The number of aliphatic hydroxyl groups excluding tert-OH is 1. The third-order valence-electron chi connectivity index (χ3n) is 2.71. The largest absolute Gasteiger partial charge is 0.389 e. The van der Waals surface area contributed by atoms with Crippen LogP contribution in [0.4, 0.5) is 5.82 Å². The van der Waals surface area contributed by atoms with Gasteiger partial charge in [0.15, 0.2) is 0 Å². The number of methoxy groups -OCH3 is 1. The molecule has 5 nitrogen and oxygen atoms in total. The Kier molecular flexibility index (Phi) is 4.29. The fraction of sp³-hybridized carbons (Fsp3) is 0.286. The highest BCUT2D eigenvalue weighted by molar-refractivity contribution is 5.86. The Morgan fingerprint density at radius 2 is 2.26 bits per heavy atom. The lowest BCUT2D eigenvalue weighted by Crippen LogP contribution is -2.24. The van der Waals surface area contributed by atoms with Crippen molar-refractivity contribution in [3.63, 3.8) is 0 Å². The number of rotatable bonds is 5. The molecule has 0 saturated heterocycles. The maximum absolute atomic E-state index is 9.57. The van der Waals surface area contributed by atoms with Crippen molar-refractivity contribution in [2.45, 2.75) is 6.10 Å². The maximum Gasteiger partial charge on any atom is 0.128 e. The topological polar surface area (TPSA) is 78.2 Å². The quantitative estimate of drug-likeness (QED) is 0.849. The minimum Gasteiger partial charge on any atom is -0.389 e. The Morgan fingerprint density at radius 1 is 1.47 bits per heavy atom. The van der Waals surface area contributed by atoms with E-state index in [1.165, 1.54) is 7.11 Å². The molecular formula is C14H15N3O2. The van der Waals surface area contributed by atoms with Gasteiger partial charge in [-0.05, 0) is 12.1 Å². The highest BCUT2D eigenvalue weighted by Crippen LogP contribution is 2.19. The number of hydrogen-bond donors (Lipinski definition) is 2. The van der Waals surface area contributed by atoms with Crippen molar-refractivity contribution >= 4 is 16.7 Å². The van der Waals surface area contributed by atoms with Crippen LogP contribution in [0.3, 0.4) is 0 Å². The maximum atomic E-state index is 9.57. The summed E-state index contributed by atoms with van der Waals surface area (Å²) in [5.74, 6) is 0.574. The normalized spacial score (nSPS) is 12.1. The lowest BCUT2D eigenvalue weighted by molar-refractivity contribution is 0.0727. The van der Waals surface area contributed by atoms with Gasteiger partial charge in [0.25, 0.3) is 0 Å². The van der Waals surface area contributed by atoms with Crippen molar-refractivity contribution in [3.05, 3.63) is 35.9 Å². The third-order valence-corrected chi connectivity index (χ3v) is 2.71. The Bertz CT molecular complexity index is 607. The standard InChI is InChI=1S/C14H15N3O2/c1-19-9-11(18)8-16-14-6-10(7-15)12-4-2-3-5-13(12)17-14/h2-6,11,18H,8-9H2,1H3,(H,16,17). The van der Waals surface area contributed by atoms with Crippen molar-refractivity contribution in [3.8, 4) is 6.07 Å². The number of ether oxygens (including phenoxy) is 1. The second kappa shape index (κ2) is 6.14. The molecule has 0 spiro atoms. The number of hydrogen-bond acceptors (Lipinski definition) is 5. The van der Waals surface area contributed by atoms with Crippen molar-refractivity contribution in [2.75, 3.05) is 25.6 Å². The number of aliphatic hydroxyl groups is 1. The molecule has 1 aromatic carbocycles. The van der Waals surface area contributed by atoms with Crippen molar-refractivity contribution in [1.82, 2.24) is 4.98 Å². The smallest absolute Gasteiger partial charge is 0.128 e. The molecule has 0 aliphatic rings. The van der Waals surface area contributed by atoms with E-state index in [-0.39, 0.29) is 6.61 Å². The molecule has 5 heteroatoms. The molecule has 0 aliphatic carbocycles. The molecule has 1 atom stereocenters. The number of nitrogens with one attached hydrogen (secondary N) is 1. The molecular weight excluding hydrogens is 242 g/mol. The predicted molar refractivity (Wildman–Crippen MR) is 72.8 cm³/mol. The minimum atomic E-state index is -0.608. The average molecular weight is 257 g/mol. The molecule has 0 fully saturated rings. The van der Waals surface area contributed by atoms with E-state index < -0.39 is 6.10 Å². The lowest BCUT2D eigenvalue weighted by Gasteiger charge is -2.12. The van der Waals surface area contributed by atoms with Crippen molar-refractivity contribution in [1.29, 1.82) is 5.26 Å². The van der Waals surface area contributed by atoms with E-state index in [1.54, 1.807) is 6.07 Å². The number of pyridine rings is 1. The summed E-state index contributed by atoms with van der Waals surface area (Å²) in [5, 5.41) is 22.5. The highest BCUT2D eigenvalue weighted by atomic mass is 16.5. The molecule has 2 aromatic rings. The summed E-state index contributed by atoms with van der Waals surface area (Å²) >= 11 is 0. The van der Waals surface area contributed by atoms with Crippen LogP contribution in [0, 0.1) is 11.3 Å². The van der Waals surface area contributed by atoms with Gasteiger partial charge in [-0.1, -0.05) is 18.2 Å². The Balaban J connectivity index is 2.23. The first kappa shape index (κ1) is 13.3.